The van der Waals surface area contributed by atoms with Crippen molar-refractivity contribution < 1.29 is 4.79 Å². The summed E-state index contributed by atoms with van der Waals surface area (Å²) >= 11 is 0. The van der Waals surface area contributed by atoms with Crippen LogP contribution in [0.4, 0.5) is 0 Å². The molecular weight excluding hydrogens is 350 g/mol. The van der Waals surface area contributed by atoms with Crippen molar-refractivity contribution in [3.05, 3.63) is 73.5 Å². The summed E-state index contributed by atoms with van der Waals surface area (Å²) in [7, 11) is 2.90. The van der Waals surface area contributed by atoms with Gasteiger partial charge in [-0.05, 0) is 19.1 Å². The van der Waals surface area contributed by atoms with Crippen molar-refractivity contribution in [2.75, 3.05) is 0 Å². The van der Waals surface area contributed by atoms with Crippen molar-refractivity contribution in [3.8, 4) is 0 Å². The number of hydrogen-bond acceptors (Lipinski definition) is 5. The second kappa shape index (κ2) is 7.02. The molecule has 0 fully saturated rings. The Bertz CT molecular complexity index is 1200. The fourth-order valence-corrected chi connectivity index (χ4v) is 2.76. The van der Waals surface area contributed by atoms with Crippen LogP contribution in [0.1, 0.15) is 18.7 Å². The third-order valence-electron chi connectivity index (χ3n) is 4.56. The van der Waals surface area contributed by atoms with E-state index in [2.05, 4.69) is 10.3 Å². The maximum absolute atomic E-state index is 12.6. The minimum absolute atomic E-state index is 0.0131. The highest BCUT2D eigenvalue weighted by atomic mass is 16.2. The first-order valence-electron chi connectivity index (χ1n) is 8.30. The monoisotopic (exact) mass is 369 g/mol. The fraction of sp³-hybridized carbons (Fsp3) is 0.278. The topological polar surface area (TPSA) is 108 Å². The van der Waals surface area contributed by atoms with Gasteiger partial charge < -0.3 is 5.32 Å². The zero-order valence-corrected chi connectivity index (χ0v) is 15.2. The van der Waals surface area contributed by atoms with E-state index in [1.165, 1.54) is 35.6 Å². The van der Waals surface area contributed by atoms with Gasteiger partial charge in [-0.2, -0.15) is 0 Å². The lowest BCUT2D eigenvalue weighted by Crippen LogP contribution is -2.40. The van der Waals surface area contributed by atoms with Crippen LogP contribution < -0.4 is 22.1 Å². The third-order valence-corrected chi connectivity index (χ3v) is 4.56. The molecule has 0 aliphatic carbocycles. The van der Waals surface area contributed by atoms with Crippen molar-refractivity contribution in [3.63, 3.8) is 0 Å². The molecule has 0 aliphatic heterocycles. The Labute approximate surface area is 153 Å². The number of para-hydroxylation sites is 1. The lowest BCUT2D eigenvalue weighted by atomic mass is 10.2. The number of amides is 1. The minimum atomic E-state index is -0.807. The number of rotatable bonds is 4. The highest BCUT2D eigenvalue weighted by molar-refractivity contribution is 5.81. The molecular formula is C18H19N5O4. The van der Waals surface area contributed by atoms with Gasteiger partial charge in [0.2, 0.25) is 5.91 Å². The van der Waals surface area contributed by atoms with E-state index in [0.717, 1.165) is 4.57 Å². The van der Waals surface area contributed by atoms with Crippen molar-refractivity contribution in [2.45, 2.75) is 19.5 Å². The largest absolute Gasteiger partial charge is 0.349 e. The van der Waals surface area contributed by atoms with Crippen molar-refractivity contribution >= 4 is 16.8 Å². The van der Waals surface area contributed by atoms with E-state index >= 15 is 0 Å². The lowest BCUT2D eigenvalue weighted by molar-refractivity contribution is -0.124. The van der Waals surface area contributed by atoms with Crippen LogP contribution in [0.2, 0.25) is 0 Å². The number of carbonyl (C=O) groups excluding carboxylic acids is 1. The average molecular weight is 369 g/mol. The quantitative estimate of drug-likeness (QED) is 0.678. The maximum atomic E-state index is 12.6. The summed E-state index contributed by atoms with van der Waals surface area (Å²) in [6, 6.07) is 7.37. The molecule has 3 aromatic rings. The lowest BCUT2D eigenvalue weighted by Gasteiger charge is -2.16. The first-order chi connectivity index (χ1) is 12.8. The van der Waals surface area contributed by atoms with Crippen LogP contribution in [0.3, 0.4) is 0 Å². The molecule has 9 nitrogen and oxygen atoms in total. The molecule has 1 atom stereocenters. The predicted octanol–water partition coefficient (Wildman–Crippen LogP) is -0.329. The van der Waals surface area contributed by atoms with Crippen molar-refractivity contribution in [1.29, 1.82) is 0 Å². The smallest absolute Gasteiger partial charge is 0.330 e. The Morgan fingerprint density at radius 3 is 2.59 bits per heavy atom. The van der Waals surface area contributed by atoms with E-state index in [-0.39, 0.29) is 12.1 Å². The van der Waals surface area contributed by atoms with Gasteiger partial charge >= 0.3 is 5.69 Å². The number of aromatic nitrogens is 4. The average Bonchev–Trinajstić information content (AvgIpc) is 2.68. The molecule has 2 aromatic heterocycles. The molecule has 0 unspecified atom stereocenters. The van der Waals surface area contributed by atoms with Gasteiger partial charge in [0.1, 0.15) is 6.04 Å². The molecule has 1 amide bonds. The molecule has 2 heterocycles. The minimum Gasteiger partial charge on any atom is -0.349 e. The molecule has 1 N–H and O–H groups in total. The van der Waals surface area contributed by atoms with Gasteiger partial charge in [-0.1, -0.05) is 12.1 Å². The summed E-state index contributed by atoms with van der Waals surface area (Å²) in [5.74, 6) is -0.428. The van der Waals surface area contributed by atoms with Gasteiger partial charge in [0.25, 0.3) is 11.1 Å². The molecule has 0 aliphatic rings. The van der Waals surface area contributed by atoms with Crippen LogP contribution in [-0.4, -0.2) is 24.6 Å². The van der Waals surface area contributed by atoms with Crippen LogP contribution in [-0.2, 0) is 25.4 Å². The number of nitrogens with one attached hydrogen (secondary N) is 1. The fourth-order valence-electron chi connectivity index (χ4n) is 2.76. The highest BCUT2D eigenvalue weighted by Crippen LogP contribution is 2.08. The molecule has 140 valence electrons. The van der Waals surface area contributed by atoms with Gasteiger partial charge in [-0.3, -0.25) is 28.1 Å². The summed E-state index contributed by atoms with van der Waals surface area (Å²) in [5, 5.41) is 3.08. The summed E-state index contributed by atoms with van der Waals surface area (Å²) < 4.78 is 3.52. The SMILES string of the molecule is C[C@@H](C(=O)NCc1cc(=O)n(C)c(=O)n1C)n1cnc2ccccc2c1=O. The Morgan fingerprint density at radius 2 is 1.85 bits per heavy atom. The van der Waals surface area contributed by atoms with E-state index < -0.39 is 23.2 Å². The van der Waals surface area contributed by atoms with E-state index in [1.807, 2.05) is 0 Å². The molecule has 9 heteroatoms. The van der Waals surface area contributed by atoms with Crippen molar-refractivity contribution in [2.24, 2.45) is 14.1 Å². The zero-order chi connectivity index (χ0) is 19.7. The zero-order valence-electron chi connectivity index (χ0n) is 15.2. The molecule has 0 radical (unpaired) electrons. The molecule has 27 heavy (non-hydrogen) atoms. The first kappa shape index (κ1) is 18.3. The Balaban J connectivity index is 1.83. The summed E-state index contributed by atoms with van der Waals surface area (Å²) in [5.41, 5.74) is -0.321. The number of hydrogen-bond donors (Lipinski definition) is 1. The number of carbonyl (C=O) groups is 1. The second-order valence-corrected chi connectivity index (χ2v) is 6.24. The van der Waals surface area contributed by atoms with E-state index in [4.69, 9.17) is 0 Å². The Kier molecular flexibility index (Phi) is 4.76. The van der Waals surface area contributed by atoms with Crippen LogP contribution in [0, 0.1) is 0 Å². The standard InChI is InChI=1S/C18H19N5O4/c1-11(23-10-20-14-7-5-4-6-13(14)17(23)26)16(25)19-9-12-8-15(24)22(3)18(27)21(12)2/h4-8,10-11H,9H2,1-3H3,(H,19,25)/t11-/m0/s1. The summed E-state index contributed by atoms with van der Waals surface area (Å²) in [4.78, 5) is 53.0. The van der Waals surface area contributed by atoms with E-state index in [9.17, 15) is 19.2 Å². The van der Waals surface area contributed by atoms with Crippen LogP contribution in [0.25, 0.3) is 10.9 Å². The molecule has 1 aromatic carbocycles. The number of fused-ring (bicyclic) bond motifs is 1. The van der Waals surface area contributed by atoms with Gasteiger partial charge in [0.15, 0.2) is 0 Å². The Morgan fingerprint density at radius 1 is 1.15 bits per heavy atom. The normalized spacial score (nSPS) is 12.1. The number of nitrogens with zero attached hydrogens (tertiary/aromatic N) is 4. The molecule has 3 rings (SSSR count). The summed E-state index contributed by atoms with van der Waals surface area (Å²) in [6.07, 6.45) is 1.34. The Hall–Kier alpha value is -3.49. The molecule has 0 spiro atoms. The van der Waals surface area contributed by atoms with Crippen LogP contribution >= 0.6 is 0 Å². The van der Waals surface area contributed by atoms with E-state index in [1.54, 1.807) is 31.2 Å². The van der Waals surface area contributed by atoms with E-state index in [0.29, 0.717) is 16.6 Å². The third kappa shape index (κ3) is 3.31. The number of benzene rings is 1. The predicted molar refractivity (Wildman–Crippen MR) is 99.5 cm³/mol. The first-order valence-corrected chi connectivity index (χ1v) is 8.30. The maximum Gasteiger partial charge on any atom is 0.330 e. The molecule has 0 saturated heterocycles. The molecule has 0 saturated carbocycles. The van der Waals surface area contributed by atoms with Gasteiger partial charge in [-0.15, -0.1) is 0 Å². The van der Waals surface area contributed by atoms with Crippen LogP contribution in [0.15, 0.2) is 51.0 Å². The van der Waals surface area contributed by atoms with Crippen LogP contribution in [0.5, 0.6) is 0 Å². The highest BCUT2D eigenvalue weighted by Gasteiger charge is 2.18. The molecule has 0 bridgehead atoms. The van der Waals surface area contributed by atoms with Gasteiger partial charge in [-0.25, -0.2) is 9.78 Å². The summed E-state index contributed by atoms with van der Waals surface area (Å²) in [6.45, 7) is 1.57. The van der Waals surface area contributed by atoms with Gasteiger partial charge in [0, 0.05) is 25.9 Å². The second-order valence-electron chi connectivity index (χ2n) is 6.24. The van der Waals surface area contributed by atoms with Crippen molar-refractivity contribution in [1.82, 2.24) is 24.0 Å². The van der Waals surface area contributed by atoms with Gasteiger partial charge in [0.05, 0.1) is 23.8 Å².